The normalized spacial score (nSPS) is 43.9. The van der Waals surface area contributed by atoms with Crippen molar-refractivity contribution in [2.45, 2.75) is 25.0 Å². The molecule has 2 bridgehead atoms. The predicted molar refractivity (Wildman–Crippen MR) is 103 cm³/mol. The minimum atomic E-state index is -0.0941. The van der Waals surface area contributed by atoms with Gasteiger partial charge in [0.05, 0.1) is 7.11 Å². The number of thiocarbonyl (C=S) groups is 1. The second kappa shape index (κ2) is 5.57. The van der Waals surface area contributed by atoms with Crippen molar-refractivity contribution >= 4 is 23.0 Å². The lowest BCUT2D eigenvalue weighted by molar-refractivity contribution is -0.0758. The van der Waals surface area contributed by atoms with E-state index in [1.54, 1.807) is 7.11 Å². The SMILES string of the molecule is COC1=C2O[C@H]3C(=NNC(N)=S)C=C[C@H]4[C@H]5CC(C=C1)C2[C@@]34CCN5C. The zero-order valence-corrected chi connectivity index (χ0v) is 15.8. The van der Waals surface area contributed by atoms with E-state index in [2.05, 4.69) is 46.8 Å². The molecule has 6 nitrogen and oxygen atoms in total. The van der Waals surface area contributed by atoms with Gasteiger partial charge in [-0.25, -0.2) is 0 Å². The second-order valence-corrected chi connectivity index (χ2v) is 8.41. The lowest BCUT2D eigenvalue weighted by atomic mass is 9.48. The summed E-state index contributed by atoms with van der Waals surface area (Å²) in [6, 6.07) is 0.533. The van der Waals surface area contributed by atoms with Crippen LogP contribution in [-0.2, 0) is 9.47 Å². The Hall–Kier alpha value is -1.86. The summed E-state index contributed by atoms with van der Waals surface area (Å²) in [5.41, 5.74) is 9.23. The molecule has 2 aliphatic heterocycles. The van der Waals surface area contributed by atoms with E-state index in [0.717, 1.165) is 36.6 Å². The maximum Gasteiger partial charge on any atom is 0.184 e. The molecule has 138 valence electrons. The van der Waals surface area contributed by atoms with Crippen LogP contribution in [0.15, 0.2) is 40.9 Å². The first kappa shape index (κ1) is 16.3. The van der Waals surface area contributed by atoms with Gasteiger partial charge in [-0.15, -0.1) is 0 Å². The first-order valence-corrected chi connectivity index (χ1v) is 9.61. The molecule has 0 aromatic carbocycles. The predicted octanol–water partition coefficient (Wildman–Crippen LogP) is 1.51. The number of likely N-dealkylation sites (tertiary alicyclic amines) is 1. The summed E-state index contributed by atoms with van der Waals surface area (Å²) in [6.45, 7) is 1.08. The molecule has 3 N–H and O–H groups in total. The number of piperidine rings is 1. The molecule has 1 spiro atoms. The number of hydrazone groups is 1. The molecule has 0 radical (unpaired) electrons. The number of hydrogen-bond donors (Lipinski definition) is 2. The third-order valence-corrected chi connectivity index (χ3v) is 7.12. The topological polar surface area (TPSA) is 72.1 Å². The Morgan fingerprint density at radius 2 is 2.31 bits per heavy atom. The van der Waals surface area contributed by atoms with Gasteiger partial charge >= 0.3 is 0 Å². The molecule has 0 aromatic heterocycles. The third-order valence-electron chi connectivity index (χ3n) is 7.03. The molecule has 3 aliphatic carbocycles. The van der Waals surface area contributed by atoms with Crippen LogP contribution in [0.2, 0.25) is 0 Å². The Morgan fingerprint density at radius 3 is 3.08 bits per heavy atom. The van der Waals surface area contributed by atoms with Gasteiger partial charge in [-0.05, 0) is 56.7 Å². The molecule has 2 saturated heterocycles. The molecule has 7 heteroatoms. The summed E-state index contributed by atoms with van der Waals surface area (Å²) >= 11 is 4.93. The summed E-state index contributed by atoms with van der Waals surface area (Å²) in [4.78, 5) is 2.52. The third kappa shape index (κ3) is 1.96. The zero-order chi connectivity index (χ0) is 18.1. The van der Waals surface area contributed by atoms with Crippen molar-refractivity contribution in [2.24, 2.45) is 34.0 Å². The van der Waals surface area contributed by atoms with Crippen molar-refractivity contribution in [3.8, 4) is 0 Å². The molecular weight excluding hydrogens is 348 g/mol. The van der Waals surface area contributed by atoms with Crippen molar-refractivity contribution in [2.75, 3.05) is 20.7 Å². The van der Waals surface area contributed by atoms with Crippen LogP contribution >= 0.6 is 12.2 Å². The van der Waals surface area contributed by atoms with Crippen LogP contribution in [0.25, 0.3) is 0 Å². The maximum absolute atomic E-state index is 6.59. The minimum absolute atomic E-state index is 0.0233. The summed E-state index contributed by atoms with van der Waals surface area (Å²) < 4.78 is 12.2. The van der Waals surface area contributed by atoms with Crippen molar-refractivity contribution in [3.05, 3.63) is 35.8 Å². The number of nitrogens with zero attached hydrogens (tertiary/aromatic N) is 2. The average molecular weight is 372 g/mol. The Bertz CT molecular complexity index is 788. The fourth-order valence-corrected chi connectivity index (χ4v) is 6.11. The Kier molecular flexibility index (Phi) is 3.49. The quantitative estimate of drug-likeness (QED) is 0.566. The van der Waals surface area contributed by atoms with Crippen LogP contribution in [0, 0.1) is 23.2 Å². The monoisotopic (exact) mass is 372 g/mol. The zero-order valence-electron chi connectivity index (χ0n) is 15.0. The van der Waals surface area contributed by atoms with E-state index in [0.29, 0.717) is 23.8 Å². The molecule has 26 heavy (non-hydrogen) atoms. The number of rotatable bonds is 2. The van der Waals surface area contributed by atoms with Crippen LogP contribution in [0.4, 0.5) is 0 Å². The highest BCUT2D eigenvalue weighted by molar-refractivity contribution is 7.80. The standard InChI is InChI=1S/C19H24N4O2S/c1-23-8-7-19-11-4-5-12(21-22-18(20)26)17(19)25-16-14(24-2)6-3-10(15(16)19)9-13(11)23/h3-6,10-11,13,15,17H,7-9H2,1-2H3,(H3,20,22,26)/t10?,11-,13+,15?,17-,19-/m0/s1. The largest absolute Gasteiger partial charge is 0.493 e. The summed E-state index contributed by atoms with van der Waals surface area (Å²) in [5, 5.41) is 4.64. The van der Waals surface area contributed by atoms with Gasteiger partial charge in [0.25, 0.3) is 0 Å². The smallest absolute Gasteiger partial charge is 0.184 e. The van der Waals surface area contributed by atoms with Crippen molar-refractivity contribution < 1.29 is 9.47 Å². The molecule has 1 saturated carbocycles. The summed E-state index contributed by atoms with van der Waals surface area (Å²) in [5.74, 6) is 3.15. The van der Waals surface area contributed by atoms with Crippen LogP contribution in [-0.4, -0.2) is 48.6 Å². The van der Waals surface area contributed by atoms with E-state index >= 15 is 0 Å². The lowest BCUT2D eigenvalue weighted by Crippen LogP contribution is -2.64. The number of ether oxygens (including phenoxy) is 2. The van der Waals surface area contributed by atoms with Gasteiger partial charge in [-0.3, -0.25) is 5.43 Å². The Morgan fingerprint density at radius 1 is 1.46 bits per heavy atom. The summed E-state index contributed by atoms with van der Waals surface area (Å²) in [6.07, 6.45) is 11.0. The van der Waals surface area contributed by atoms with E-state index in [4.69, 9.17) is 27.4 Å². The maximum atomic E-state index is 6.59. The highest BCUT2D eigenvalue weighted by Crippen LogP contribution is 2.66. The van der Waals surface area contributed by atoms with Gasteiger partial charge in [-0.2, -0.15) is 5.10 Å². The molecule has 5 rings (SSSR count). The molecule has 2 heterocycles. The van der Waals surface area contributed by atoms with E-state index < -0.39 is 0 Å². The second-order valence-electron chi connectivity index (χ2n) is 7.97. The summed E-state index contributed by atoms with van der Waals surface area (Å²) in [7, 11) is 3.97. The highest BCUT2D eigenvalue weighted by atomic mass is 32.1. The van der Waals surface area contributed by atoms with Crippen LogP contribution in [0.3, 0.4) is 0 Å². The molecule has 5 aliphatic rings. The van der Waals surface area contributed by atoms with Gasteiger partial charge < -0.3 is 20.1 Å². The van der Waals surface area contributed by atoms with Gasteiger partial charge in [-0.1, -0.05) is 12.2 Å². The highest BCUT2D eigenvalue weighted by Gasteiger charge is 2.69. The minimum Gasteiger partial charge on any atom is -0.493 e. The Balaban J connectivity index is 1.68. The molecule has 3 fully saturated rings. The van der Waals surface area contributed by atoms with Gasteiger partial charge in [0, 0.05) is 23.3 Å². The van der Waals surface area contributed by atoms with Crippen LogP contribution in [0.5, 0.6) is 0 Å². The number of nitrogens with one attached hydrogen (secondary N) is 1. The molecule has 0 amide bonds. The van der Waals surface area contributed by atoms with Crippen molar-refractivity contribution in [3.63, 3.8) is 0 Å². The van der Waals surface area contributed by atoms with Gasteiger partial charge in [0.15, 0.2) is 10.9 Å². The molecule has 0 aromatic rings. The molecule has 6 atom stereocenters. The Labute approximate surface area is 158 Å². The fourth-order valence-electron chi connectivity index (χ4n) is 6.07. The first-order valence-electron chi connectivity index (χ1n) is 9.20. The van der Waals surface area contributed by atoms with E-state index in [1.807, 2.05) is 0 Å². The van der Waals surface area contributed by atoms with Gasteiger partial charge in [0.2, 0.25) is 0 Å². The molecular formula is C19H24N4O2S. The average Bonchev–Trinajstić information content (AvgIpc) is 2.98. The molecule has 2 unspecified atom stereocenters. The van der Waals surface area contributed by atoms with Gasteiger partial charge in [0.1, 0.15) is 17.6 Å². The number of hydrogen-bond acceptors (Lipinski definition) is 5. The van der Waals surface area contributed by atoms with E-state index in [1.165, 1.54) is 0 Å². The van der Waals surface area contributed by atoms with Crippen molar-refractivity contribution in [1.29, 1.82) is 0 Å². The van der Waals surface area contributed by atoms with E-state index in [9.17, 15) is 0 Å². The van der Waals surface area contributed by atoms with Crippen molar-refractivity contribution in [1.82, 2.24) is 10.3 Å². The number of methoxy groups -OCH3 is 1. The first-order chi connectivity index (χ1) is 12.6. The van der Waals surface area contributed by atoms with Crippen LogP contribution < -0.4 is 11.2 Å². The fraction of sp³-hybridized carbons (Fsp3) is 0.579. The van der Waals surface area contributed by atoms with Crippen LogP contribution in [0.1, 0.15) is 12.8 Å². The lowest BCUT2D eigenvalue weighted by Gasteiger charge is -2.59. The number of nitrogens with two attached hydrogens (primary N) is 1. The van der Waals surface area contributed by atoms with E-state index in [-0.39, 0.29) is 16.6 Å². The number of allylic oxidation sites excluding steroid dienone is 3.